The van der Waals surface area contributed by atoms with Gasteiger partial charge in [-0.25, -0.2) is 4.74 Å². The first-order valence-electron chi connectivity index (χ1n) is 2.18. The normalized spacial score (nSPS) is 28.3. The van der Waals surface area contributed by atoms with Crippen LogP contribution in [-0.2, 0) is 4.74 Å². The summed E-state index contributed by atoms with van der Waals surface area (Å²) in [6.45, 7) is 0. The molecule has 0 aromatic carbocycles. The topological polar surface area (TPSA) is 9.23 Å². The molecule has 0 saturated carbocycles. The zero-order valence-electron chi connectivity index (χ0n) is 4.38. The molecule has 0 N–H and O–H groups in total. The van der Waals surface area contributed by atoms with Gasteiger partial charge in [0.15, 0.2) is 0 Å². The van der Waals surface area contributed by atoms with Gasteiger partial charge in [0, 0.05) is 6.08 Å². The van der Waals surface area contributed by atoms with E-state index in [1.807, 2.05) is 0 Å². The van der Waals surface area contributed by atoms with E-state index >= 15 is 0 Å². The van der Waals surface area contributed by atoms with Crippen molar-refractivity contribution in [3.63, 3.8) is 0 Å². The van der Waals surface area contributed by atoms with Crippen molar-refractivity contribution in [1.82, 2.24) is 0 Å². The molecule has 6 heteroatoms. The summed E-state index contributed by atoms with van der Waals surface area (Å²) in [6, 6.07) is 0. The lowest BCUT2D eigenvalue weighted by molar-refractivity contribution is -0.317. The summed E-state index contributed by atoms with van der Waals surface area (Å²) in [5.41, 5.74) is 0. The Kier molecular flexibility index (Phi) is 1.45. The van der Waals surface area contributed by atoms with Gasteiger partial charge in [-0.1, -0.05) is 11.6 Å². The molecule has 0 aliphatic carbocycles. The Morgan fingerprint density at radius 3 is 1.90 bits per heavy atom. The standard InChI is InChI=1S/C4HClF4O/c5-2-1-3(6,7)10-4(2,8)9/h1H. The summed E-state index contributed by atoms with van der Waals surface area (Å²) in [6.07, 6.45) is -8.11. The van der Waals surface area contributed by atoms with Gasteiger partial charge in [-0.15, -0.1) is 0 Å². The van der Waals surface area contributed by atoms with Crippen LogP contribution >= 0.6 is 11.6 Å². The average Bonchev–Trinajstić information content (AvgIpc) is 1.73. The lowest BCUT2D eigenvalue weighted by atomic mass is 10.5. The van der Waals surface area contributed by atoms with E-state index in [1.54, 1.807) is 0 Å². The third-order valence-corrected chi connectivity index (χ3v) is 1.17. The second-order valence-electron chi connectivity index (χ2n) is 1.67. The Morgan fingerprint density at radius 1 is 1.30 bits per heavy atom. The van der Waals surface area contributed by atoms with Gasteiger partial charge in [-0.2, -0.15) is 17.6 Å². The smallest absolute Gasteiger partial charge is 0.247 e. The molecule has 58 valence electrons. The molecule has 10 heavy (non-hydrogen) atoms. The summed E-state index contributed by atoms with van der Waals surface area (Å²) < 4.78 is 50.5. The van der Waals surface area contributed by atoms with Crippen molar-refractivity contribution in [2.45, 2.75) is 12.2 Å². The molecule has 1 heterocycles. The van der Waals surface area contributed by atoms with Gasteiger partial charge >= 0.3 is 12.2 Å². The van der Waals surface area contributed by atoms with E-state index in [9.17, 15) is 17.6 Å². The van der Waals surface area contributed by atoms with E-state index in [4.69, 9.17) is 11.6 Å². The summed E-state index contributed by atoms with van der Waals surface area (Å²) in [4.78, 5) is 0. The van der Waals surface area contributed by atoms with Crippen LogP contribution in [-0.4, -0.2) is 12.2 Å². The predicted molar refractivity (Wildman–Crippen MR) is 24.9 cm³/mol. The summed E-state index contributed by atoms with van der Waals surface area (Å²) >= 11 is 4.69. The Bertz CT molecular complexity index is 188. The fraction of sp³-hybridized carbons (Fsp3) is 0.500. The van der Waals surface area contributed by atoms with E-state index in [1.165, 1.54) is 0 Å². The van der Waals surface area contributed by atoms with E-state index in [0.29, 0.717) is 0 Å². The molecule has 0 radical (unpaired) electrons. The van der Waals surface area contributed by atoms with Crippen molar-refractivity contribution in [2.75, 3.05) is 0 Å². The second-order valence-corrected chi connectivity index (χ2v) is 2.08. The van der Waals surface area contributed by atoms with E-state index in [2.05, 4.69) is 4.74 Å². The van der Waals surface area contributed by atoms with Crippen LogP contribution in [0.4, 0.5) is 17.6 Å². The summed E-state index contributed by atoms with van der Waals surface area (Å²) in [7, 11) is 0. The zero-order valence-corrected chi connectivity index (χ0v) is 5.13. The van der Waals surface area contributed by atoms with Crippen LogP contribution < -0.4 is 0 Å². The van der Waals surface area contributed by atoms with Crippen LogP contribution in [0.3, 0.4) is 0 Å². The van der Waals surface area contributed by atoms with Crippen LogP contribution in [0.2, 0.25) is 0 Å². The first-order chi connectivity index (χ1) is 4.33. The third kappa shape index (κ3) is 1.24. The predicted octanol–water partition coefficient (Wildman–Crippen LogP) is 2.32. The molecule has 0 fully saturated rings. The first kappa shape index (κ1) is 7.81. The van der Waals surface area contributed by atoms with Crippen LogP contribution in [0.5, 0.6) is 0 Å². The van der Waals surface area contributed by atoms with Crippen molar-refractivity contribution in [1.29, 1.82) is 0 Å². The Labute approximate surface area is 58.2 Å². The Hall–Kier alpha value is -0.290. The van der Waals surface area contributed by atoms with E-state index in [-0.39, 0.29) is 6.08 Å². The van der Waals surface area contributed by atoms with Crippen LogP contribution in [0, 0.1) is 0 Å². The molecule has 1 aliphatic rings. The number of ether oxygens (including phenoxy) is 1. The molecule has 0 bridgehead atoms. The molecule has 0 aromatic heterocycles. The quantitative estimate of drug-likeness (QED) is 0.515. The highest BCUT2D eigenvalue weighted by molar-refractivity contribution is 6.30. The fourth-order valence-electron chi connectivity index (χ4n) is 0.481. The molecule has 1 nitrogen and oxygen atoms in total. The van der Waals surface area contributed by atoms with Crippen molar-refractivity contribution in [2.24, 2.45) is 0 Å². The van der Waals surface area contributed by atoms with Crippen LogP contribution in [0.25, 0.3) is 0 Å². The van der Waals surface area contributed by atoms with Gasteiger partial charge in [-0.3, -0.25) is 0 Å². The second kappa shape index (κ2) is 1.85. The van der Waals surface area contributed by atoms with Gasteiger partial charge in [-0.05, 0) is 0 Å². The zero-order chi connectivity index (χ0) is 7.99. The third-order valence-electron chi connectivity index (χ3n) is 0.837. The number of alkyl halides is 4. The average molecular weight is 176 g/mol. The number of halogens is 5. The lowest BCUT2D eigenvalue weighted by Crippen LogP contribution is -2.23. The first-order valence-corrected chi connectivity index (χ1v) is 2.56. The Balaban J connectivity index is 2.89. The maximum absolute atomic E-state index is 11.9. The molecule has 0 amide bonds. The number of rotatable bonds is 0. The van der Waals surface area contributed by atoms with Gasteiger partial charge in [0.2, 0.25) is 0 Å². The van der Waals surface area contributed by atoms with Crippen LogP contribution in [0.15, 0.2) is 11.1 Å². The van der Waals surface area contributed by atoms with Gasteiger partial charge < -0.3 is 0 Å². The molecular formula is C4HClF4O. The molecule has 0 saturated heterocycles. The number of hydrogen-bond acceptors (Lipinski definition) is 1. The van der Waals surface area contributed by atoms with Gasteiger partial charge in [0.05, 0.1) is 0 Å². The molecule has 0 atom stereocenters. The molecule has 0 aromatic rings. The molecule has 1 rings (SSSR count). The highest BCUT2D eigenvalue weighted by Gasteiger charge is 2.52. The Morgan fingerprint density at radius 2 is 1.80 bits per heavy atom. The molecular weight excluding hydrogens is 175 g/mol. The molecule has 1 aliphatic heterocycles. The minimum atomic E-state index is -4.04. The molecule has 0 unspecified atom stereocenters. The van der Waals surface area contributed by atoms with Crippen molar-refractivity contribution < 1.29 is 22.3 Å². The number of hydrogen-bond donors (Lipinski definition) is 0. The monoisotopic (exact) mass is 176 g/mol. The minimum absolute atomic E-state index is 0.130. The minimum Gasteiger partial charge on any atom is -0.247 e. The summed E-state index contributed by atoms with van der Waals surface area (Å²) in [5.74, 6) is 0. The maximum atomic E-state index is 11.9. The van der Waals surface area contributed by atoms with Crippen molar-refractivity contribution in [3.05, 3.63) is 11.1 Å². The highest BCUT2D eigenvalue weighted by Crippen LogP contribution is 2.42. The fourth-order valence-corrected chi connectivity index (χ4v) is 0.646. The highest BCUT2D eigenvalue weighted by atomic mass is 35.5. The van der Waals surface area contributed by atoms with Crippen molar-refractivity contribution in [3.8, 4) is 0 Å². The van der Waals surface area contributed by atoms with Gasteiger partial charge in [0.1, 0.15) is 5.03 Å². The van der Waals surface area contributed by atoms with E-state index < -0.39 is 17.2 Å². The van der Waals surface area contributed by atoms with Gasteiger partial charge in [0.25, 0.3) is 0 Å². The molecule has 0 spiro atoms. The summed E-state index contributed by atoms with van der Waals surface area (Å²) in [5, 5.41) is -1.28. The van der Waals surface area contributed by atoms with Crippen LogP contribution in [0.1, 0.15) is 0 Å². The lowest BCUT2D eigenvalue weighted by Gasteiger charge is -2.10. The maximum Gasteiger partial charge on any atom is 0.398 e. The SMILES string of the molecule is FC1(F)C=C(Cl)C(F)(F)O1. The van der Waals surface area contributed by atoms with E-state index in [0.717, 1.165) is 0 Å². The van der Waals surface area contributed by atoms with Crippen molar-refractivity contribution >= 4 is 11.6 Å². The largest absolute Gasteiger partial charge is 0.398 e.